The molecule has 2 aromatic heterocycles. The Bertz CT molecular complexity index is 1220. The van der Waals surface area contributed by atoms with Crippen molar-refractivity contribution in [1.82, 2.24) is 20.0 Å². The van der Waals surface area contributed by atoms with E-state index in [1.807, 2.05) is 6.92 Å². The molecule has 2 N–H and O–H groups in total. The number of nitrogens with one attached hydrogen (secondary N) is 2. The number of aromatic nitrogens is 2. The number of nitrogens with zero attached hydrogens (tertiary/aromatic N) is 3. The van der Waals surface area contributed by atoms with E-state index in [-0.39, 0.29) is 31.3 Å². The van der Waals surface area contributed by atoms with Crippen molar-refractivity contribution in [3.05, 3.63) is 54.2 Å². The molecule has 1 aliphatic heterocycles. The van der Waals surface area contributed by atoms with E-state index in [1.165, 1.54) is 17.9 Å². The van der Waals surface area contributed by atoms with Gasteiger partial charge in [-0.25, -0.2) is 14.2 Å². The molecule has 0 aliphatic carbocycles. The van der Waals surface area contributed by atoms with Gasteiger partial charge in [0.1, 0.15) is 17.6 Å². The summed E-state index contributed by atoms with van der Waals surface area (Å²) in [6.45, 7) is 4.20. The maximum atomic E-state index is 15.0. The van der Waals surface area contributed by atoms with Crippen LogP contribution in [0, 0.1) is 5.82 Å². The molecule has 0 spiro atoms. The average Bonchev–Trinajstić information content (AvgIpc) is 3.34. The van der Waals surface area contributed by atoms with Crippen molar-refractivity contribution in [3.8, 4) is 11.1 Å². The van der Waals surface area contributed by atoms with Gasteiger partial charge >= 0.3 is 6.09 Å². The number of ether oxygens (including phenoxy) is 1. The molecule has 0 radical (unpaired) electrons. The van der Waals surface area contributed by atoms with Crippen LogP contribution in [0.3, 0.4) is 0 Å². The second-order valence-electron chi connectivity index (χ2n) is 7.76. The predicted molar refractivity (Wildman–Crippen MR) is 119 cm³/mol. The molecule has 3 heterocycles. The van der Waals surface area contributed by atoms with Crippen LogP contribution in [0.15, 0.2) is 42.7 Å². The SMILES string of the molecule is CCNC(=O)Cc1cn2cc(-c3ccc(N4C[C@H](CNC(C)=O)OC4=O)cc3F)ccc2n1. The van der Waals surface area contributed by atoms with Gasteiger partial charge in [0, 0.05) is 37.0 Å². The van der Waals surface area contributed by atoms with Crippen LogP contribution in [-0.2, 0) is 20.7 Å². The van der Waals surface area contributed by atoms with E-state index in [9.17, 15) is 14.4 Å². The number of hydrogen-bond acceptors (Lipinski definition) is 5. The van der Waals surface area contributed by atoms with Gasteiger partial charge in [-0.05, 0) is 37.3 Å². The second-order valence-corrected chi connectivity index (χ2v) is 7.76. The highest BCUT2D eigenvalue weighted by Crippen LogP contribution is 2.29. The van der Waals surface area contributed by atoms with Gasteiger partial charge in [0.2, 0.25) is 11.8 Å². The molecule has 0 bridgehead atoms. The topological polar surface area (TPSA) is 105 Å². The second kappa shape index (κ2) is 9.27. The Morgan fingerprint density at radius 2 is 2.03 bits per heavy atom. The quantitative estimate of drug-likeness (QED) is 0.571. The molecular formula is C23H24FN5O4. The van der Waals surface area contributed by atoms with E-state index in [0.29, 0.717) is 34.7 Å². The molecule has 0 unspecified atom stereocenters. The Labute approximate surface area is 189 Å². The molecule has 1 saturated heterocycles. The Kier molecular flexibility index (Phi) is 6.25. The number of rotatable bonds is 7. The predicted octanol–water partition coefficient (Wildman–Crippen LogP) is 2.28. The van der Waals surface area contributed by atoms with Crippen molar-refractivity contribution in [1.29, 1.82) is 0 Å². The first-order valence-electron chi connectivity index (χ1n) is 10.6. The third kappa shape index (κ3) is 4.94. The van der Waals surface area contributed by atoms with Gasteiger partial charge in [-0.3, -0.25) is 14.5 Å². The van der Waals surface area contributed by atoms with Crippen molar-refractivity contribution < 1.29 is 23.5 Å². The summed E-state index contributed by atoms with van der Waals surface area (Å²) in [6, 6.07) is 8.06. The number of halogens is 1. The van der Waals surface area contributed by atoms with E-state index >= 15 is 4.39 Å². The Morgan fingerprint density at radius 3 is 2.76 bits per heavy atom. The fourth-order valence-electron chi connectivity index (χ4n) is 3.72. The lowest BCUT2D eigenvalue weighted by atomic mass is 10.1. The molecule has 4 rings (SSSR count). The number of cyclic esters (lactones) is 1. The van der Waals surface area contributed by atoms with Crippen molar-refractivity contribution in [2.24, 2.45) is 0 Å². The van der Waals surface area contributed by atoms with E-state index in [4.69, 9.17) is 4.74 Å². The van der Waals surface area contributed by atoms with Gasteiger partial charge < -0.3 is 19.8 Å². The summed E-state index contributed by atoms with van der Waals surface area (Å²) >= 11 is 0. The lowest BCUT2D eigenvalue weighted by Crippen LogP contribution is -2.33. The van der Waals surface area contributed by atoms with Gasteiger partial charge in [0.15, 0.2) is 0 Å². The first-order chi connectivity index (χ1) is 15.8. The molecule has 1 fully saturated rings. The van der Waals surface area contributed by atoms with E-state index < -0.39 is 18.0 Å². The van der Waals surface area contributed by atoms with Crippen LogP contribution in [-0.4, -0.2) is 53.0 Å². The maximum absolute atomic E-state index is 15.0. The van der Waals surface area contributed by atoms with Crippen LogP contribution in [0.25, 0.3) is 16.8 Å². The molecule has 10 heteroatoms. The average molecular weight is 453 g/mol. The highest BCUT2D eigenvalue weighted by Gasteiger charge is 2.32. The van der Waals surface area contributed by atoms with Crippen LogP contribution < -0.4 is 15.5 Å². The molecule has 3 aromatic rings. The van der Waals surface area contributed by atoms with Gasteiger partial charge in [-0.1, -0.05) is 0 Å². The van der Waals surface area contributed by atoms with E-state index in [0.717, 1.165) is 0 Å². The number of imidazole rings is 1. The summed E-state index contributed by atoms with van der Waals surface area (Å²) in [5.74, 6) is -0.818. The number of hydrogen-bond donors (Lipinski definition) is 2. The van der Waals surface area contributed by atoms with E-state index in [2.05, 4.69) is 15.6 Å². The standard InChI is InChI=1S/C23H24FN5O4/c1-3-25-22(31)8-16-12-28-11-15(4-7-21(28)27-16)19-6-5-17(9-20(19)24)29-13-18(33-23(29)32)10-26-14(2)30/h4-7,9,11-12,18H,3,8,10,13H2,1-2H3,(H,25,31)(H,26,30)/t18-/m0/s1. The molecule has 0 saturated carbocycles. The number of carbonyl (C=O) groups excluding carboxylic acids is 3. The number of pyridine rings is 1. The number of fused-ring (bicyclic) bond motifs is 1. The first-order valence-corrected chi connectivity index (χ1v) is 10.6. The summed E-state index contributed by atoms with van der Waals surface area (Å²) in [4.78, 5) is 40.8. The fraction of sp³-hybridized carbons (Fsp3) is 0.304. The number of carbonyl (C=O) groups is 3. The number of likely N-dealkylation sites (N-methyl/N-ethyl adjacent to an activating group) is 1. The smallest absolute Gasteiger partial charge is 0.414 e. The van der Waals surface area contributed by atoms with Gasteiger partial charge in [-0.15, -0.1) is 0 Å². The Balaban J connectivity index is 1.52. The zero-order chi connectivity index (χ0) is 23.5. The number of anilines is 1. The van der Waals surface area contributed by atoms with Crippen molar-refractivity contribution in [3.63, 3.8) is 0 Å². The third-order valence-corrected chi connectivity index (χ3v) is 5.24. The molecule has 1 aliphatic rings. The van der Waals surface area contributed by atoms with Crippen LogP contribution in [0.2, 0.25) is 0 Å². The summed E-state index contributed by atoms with van der Waals surface area (Å²) in [5, 5.41) is 5.34. The van der Waals surface area contributed by atoms with Gasteiger partial charge in [-0.2, -0.15) is 0 Å². The summed E-state index contributed by atoms with van der Waals surface area (Å²) in [6.07, 6.45) is 2.58. The summed E-state index contributed by atoms with van der Waals surface area (Å²) in [7, 11) is 0. The van der Waals surface area contributed by atoms with Crippen LogP contribution in [0.4, 0.5) is 14.9 Å². The number of amides is 3. The zero-order valence-corrected chi connectivity index (χ0v) is 18.3. The van der Waals surface area contributed by atoms with Gasteiger partial charge in [0.25, 0.3) is 0 Å². The molecule has 33 heavy (non-hydrogen) atoms. The Morgan fingerprint density at radius 1 is 1.21 bits per heavy atom. The Hall–Kier alpha value is -3.95. The summed E-state index contributed by atoms with van der Waals surface area (Å²) < 4.78 is 22.0. The first kappa shape index (κ1) is 22.3. The highest BCUT2D eigenvalue weighted by molar-refractivity contribution is 5.90. The number of benzene rings is 1. The third-order valence-electron chi connectivity index (χ3n) is 5.24. The highest BCUT2D eigenvalue weighted by atomic mass is 19.1. The largest absolute Gasteiger partial charge is 0.442 e. The van der Waals surface area contributed by atoms with Crippen molar-refractivity contribution >= 4 is 29.2 Å². The minimum atomic E-state index is -0.586. The van der Waals surface area contributed by atoms with Gasteiger partial charge in [0.05, 0.1) is 30.9 Å². The van der Waals surface area contributed by atoms with Crippen LogP contribution in [0.1, 0.15) is 19.5 Å². The minimum absolute atomic E-state index is 0.109. The molecule has 172 valence electrons. The van der Waals surface area contributed by atoms with Crippen molar-refractivity contribution in [2.45, 2.75) is 26.4 Å². The molecular weight excluding hydrogens is 429 g/mol. The lowest BCUT2D eigenvalue weighted by Gasteiger charge is -2.14. The molecule has 3 amide bonds. The van der Waals surface area contributed by atoms with Crippen molar-refractivity contribution in [2.75, 3.05) is 24.5 Å². The van der Waals surface area contributed by atoms with Crippen LogP contribution >= 0.6 is 0 Å². The monoisotopic (exact) mass is 453 g/mol. The molecule has 1 aromatic carbocycles. The summed E-state index contributed by atoms with van der Waals surface area (Å²) in [5.41, 5.74) is 2.64. The minimum Gasteiger partial charge on any atom is -0.442 e. The maximum Gasteiger partial charge on any atom is 0.414 e. The van der Waals surface area contributed by atoms with Crippen LogP contribution in [0.5, 0.6) is 0 Å². The zero-order valence-electron chi connectivity index (χ0n) is 18.3. The van der Waals surface area contributed by atoms with E-state index in [1.54, 1.807) is 41.1 Å². The molecule has 1 atom stereocenters. The fourth-order valence-corrected chi connectivity index (χ4v) is 3.72. The molecule has 9 nitrogen and oxygen atoms in total. The lowest BCUT2D eigenvalue weighted by molar-refractivity contribution is -0.120. The normalized spacial score (nSPS) is 15.5.